The highest BCUT2D eigenvalue weighted by molar-refractivity contribution is 7.14. The number of carbonyl (C=O) groups is 1. The zero-order valence-electron chi connectivity index (χ0n) is 15.6. The maximum Gasteiger partial charge on any atom is 0.147 e. The van der Waals surface area contributed by atoms with Crippen LogP contribution in [0.15, 0.2) is 30.5 Å². The molecule has 2 heterocycles. The number of rotatable bonds is 5. The van der Waals surface area contributed by atoms with E-state index in [0.29, 0.717) is 18.3 Å². The fourth-order valence-corrected chi connectivity index (χ4v) is 4.46. The van der Waals surface area contributed by atoms with Gasteiger partial charge in [-0.3, -0.25) is 9.78 Å². The lowest BCUT2D eigenvalue weighted by Crippen LogP contribution is -2.26. The summed E-state index contributed by atoms with van der Waals surface area (Å²) in [6.07, 6.45) is 6.37. The molecule has 1 fully saturated rings. The Kier molecular flexibility index (Phi) is 5.27. The fourth-order valence-electron chi connectivity index (χ4n) is 3.77. The molecule has 5 nitrogen and oxygen atoms in total. The monoisotopic (exact) mass is 381 g/mol. The standard InChI is InChI=1S/C21H23N3O2S/c1-13-23-24-21(27-13)15-3-4-16-12-22-18(10-17(16)9-15)11-20(25)14-5-7-19(26-2)8-6-14/h3-4,9-10,12,14,19H,5-8,11H2,1-2H3. The highest BCUT2D eigenvalue weighted by atomic mass is 32.1. The zero-order valence-corrected chi connectivity index (χ0v) is 16.5. The minimum absolute atomic E-state index is 0.143. The second-order valence-electron chi connectivity index (χ2n) is 7.22. The Morgan fingerprint density at radius 3 is 2.67 bits per heavy atom. The van der Waals surface area contributed by atoms with Crippen molar-refractivity contribution >= 4 is 27.9 Å². The summed E-state index contributed by atoms with van der Waals surface area (Å²) in [5, 5.41) is 12.3. The molecule has 1 aromatic carbocycles. The van der Waals surface area contributed by atoms with Crippen molar-refractivity contribution in [2.45, 2.75) is 45.1 Å². The maximum atomic E-state index is 12.7. The average Bonchev–Trinajstić information content (AvgIpc) is 3.14. The molecule has 0 N–H and O–H groups in total. The number of ketones is 1. The Hall–Kier alpha value is -2.18. The predicted molar refractivity (Wildman–Crippen MR) is 107 cm³/mol. The largest absolute Gasteiger partial charge is 0.381 e. The van der Waals surface area contributed by atoms with Gasteiger partial charge in [0.2, 0.25) is 0 Å². The first-order valence-corrected chi connectivity index (χ1v) is 10.2. The van der Waals surface area contributed by atoms with Crippen LogP contribution in [-0.4, -0.2) is 34.2 Å². The van der Waals surface area contributed by atoms with Gasteiger partial charge >= 0.3 is 0 Å². The van der Waals surface area contributed by atoms with E-state index < -0.39 is 0 Å². The van der Waals surface area contributed by atoms with Crippen molar-refractivity contribution < 1.29 is 9.53 Å². The summed E-state index contributed by atoms with van der Waals surface area (Å²) in [5.41, 5.74) is 1.89. The molecule has 0 aliphatic heterocycles. The van der Waals surface area contributed by atoms with Crippen molar-refractivity contribution in [3.05, 3.63) is 41.2 Å². The molecule has 2 aromatic heterocycles. The molecule has 27 heavy (non-hydrogen) atoms. The van der Waals surface area contributed by atoms with Crippen LogP contribution in [0.25, 0.3) is 21.3 Å². The van der Waals surface area contributed by atoms with Gasteiger partial charge in [0.15, 0.2) is 0 Å². The van der Waals surface area contributed by atoms with Crippen molar-refractivity contribution in [3.63, 3.8) is 0 Å². The lowest BCUT2D eigenvalue weighted by molar-refractivity contribution is -0.124. The Morgan fingerprint density at radius 1 is 1.15 bits per heavy atom. The first-order chi connectivity index (χ1) is 13.1. The number of hydrogen-bond donors (Lipinski definition) is 0. The lowest BCUT2D eigenvalue weighted by atomic mass is 9.83. The number of aromatic nitrogens is 3. The normalized spacial score (nSPS) is 20.1. The minimum Gasteiger partial charge on any atom is -0.381 e. The Bertz CT molecular complexity index is 961. The molecule has 1 aliphatic carbocycles. The number of benzene rings is 1. The zero-order chi connectivity index (χ0) is 18.8. The summed E-state index contributed by atoms with van der Waals surface area (Å²) in [6.45, 7) is 1.95. The summed E-state index contributed by atoms with van der Waals surface area (Å²) < 4.78 is 5.40. The molecule has 140 valence electrons. The number of methoxy groups -OCH3 is 1. The van der Waals surface area contributed by atoms with E-state index in [9.17, 15) is 4.79 Å². The highest BCUT2D eigenvalue weighted by Crippen LogP contribution is 2.29. The summed E-state index contributed by atoms with van der Waals surface area (Å²) in [6, 6.07) is 8.23. The topological polar surface area (TPSA) is 65.0 Å². The molecule has 0 unspecified atom stereocenters. The number of ether oxygens (including phenoxy) is 1. The molecule has 3 aromatic rings. The van der Waals surface area contributed by atoms with Crippen LogP contribution in [0.3, 0.4) is 0 Å². The SMILES string of the molecule is COC1CCC(C(=O)Cc2cc3cc(-c4nnc(C)s4)ccc3cn2)CC1. The van der Waals surface area contributed by atoms with Crippen molar-refractivity contribution in [2.75, 3.05) is 7.11 Å². The number of pyridine rings is 1. The third-order valence-electron chi connectivity index (χ3n) is 5.37. The summed E-state index contributed by atoms with van der Waals surface area (Å²) in [7, 11) is 1.75. The van der Waals surface area contributed by atoms with E-state index >= 15 is 0 Å². The van der Waals surface area contributed by atoms with Crippen molar-refractivity contribution in [2.24, 2.45) is 5.92 Å². The third-order valence-corrected chi connectivity index (χ3v) is 6.26. The van der Waals surface area contributed by atoms with Crippen molar-refractivity contribution in [1.29, 1.82) is 0 Å². The molecule has 0 amide bonds. The van der Waals surface area contributed by atoms with E-state index in [1.54, 1.807) is 18.4 Å². The average molecular weight is 382 g/mol. The van der Waals surface area contributed by atoms with E-state index in [0.717, 1.165) is 57.7 Å². The Labute approximate surface area is 162 Å². The summed E-state index contributed by atoms with van der Waals surface area (Å²) in [5.74, 6) is 0.442. The molecule has 0 saturated heterocycles. The van der Waals surface area contributed by atoms with E-state index in [-0.39, 0.29) is 5.92 Å². The Morgan fingerprint density at radius 2 is 1.96 bits per heavy atom. The third kappa shape index (κ3) is 4.06. The molecule has 0 radical (unpaired) electrons. The summed E-state index contributed by atoms with van der Waals surface area (Å²) >= 11 is 1.58. The van der Waals surface area contributed by atoms with Crippen LogP contribution >= 0.6 is 11.3 Å². The molecule has 4 rings (SSSR count). The van der Waals surface area contributed by atoms with Gasteiger partial charge in [-0.1, -0.05) is 23.5 Å². The predicted octanol–water partition coefficient (Wildman–Crippen LogP) is 4.38. The molecule has 1 aliphatic rings. The van der Waals surface area contributed by atoms with Crippen LogP contribution in [0.4, 0.5) is 0 Å². The van der Waals surface area contributed by atoms with Gasteiger partial charge in [-0.05, 0) is 50.1 Å². The van der Waals surface area contributed by atoms with Gasteiger partial charge in [-0.15, -0.1) is 10.2 Å². The van der Waals surface area contributed by atoms with Gasteiger partial charge in [0.1, 0.15) is 15.8 Å². The van der Waals surface area contributed by atoms with Gasteiger partial charge in [0.05, 0.1) is 6.10 Å². The van der Waals surface area contributed by atoms with Gasteiger partial charge in [-0.25, -0.2) is 0 Å². The van der Waals surface area contributed by atoms with E-state index in [1.165, 1.54) is 0 Å². The molecule has 0 bridgehead atoms. The second kappa shape index (κ2) is 7.82. The quantitative estimate of drug-likeness (QED) is 0.656. The molecular weight excluding hydrogens is 358 g/mol. The van der Waals surface area contributed by atoms with Crippen LogP contribution in [0.1, 0.15) is 36.4 Å². The minimum atomic E-state index is 0.143. The molecule has 0 atom stereocenters. The molecule has 6 heteroatoms. The summed E-state index contributed by atoms with van der Waals surface area (Å²) in [4.78, 5) is 17.2. The number of Topliss-reactive ketones (excluding diaryl/α,β-unsaturated/α-hetero) is 1. The maximum absolute atomic E-state index is 12.7. The van der Waals surface area contributed by atoms with Crippen LogP contribution in [0.2, 0.25) is 0 Å². The van der Waals surface area contributed by atoms with Crippen LogP contribution in [-0.2, 0) is 16.0 Å². The van der Waals surface area contributed by atoms with E-state index in [2.05, 4.69) is 21.2 Å². The van der Waals surface area contributed by atoms with E-state index in [4.69, 9.17) is 4.74 Å². The molecule has 0 spiro atoms. The van der Waals surface area contributed by atoms with Gasteiger partial charge in [0, 0.05) is 42.3 Å². The smallest absolute Gasteiger partial charge is 0.147 e. The van der Waals surface area contributed by atoms with Crippen molar-refractivity contribution in [1.82, 2.24) is 15.2 Å². The van der Waals surface area contributed by atoms with Gasteiger partial charge in [0.25, 0.3) is 0 Å². The molecular formula is C21H23N3O2S. The number of carbonyl (C=O) groups excluding carboxylic acids is 1. The first-order valence-electron chi connectivity index (χ1n) is 9.37. The highest BCUT2D eigenvalue weighted by Gasteiger charge is 2.26. The first kappa shape index (κ1) is 18.2. The van der Waals surface area contributed by atoms with Crippen molar-refractivity contribution in [3.8, 4) is 10.6 Å². The van der Waals surface area contributed by atoms with Crippen LogP contribution in [0, 0.1) is 12.8 Å². The number of aryl methyl sites for hydroxylation is 1. The van der Waals surface area contributed by atoms with Gasteiger partial charge in [-0.2, -0.15) is 0 Å². The number of nitrogens with zero attached hydrogens (tertiary/aromatic N) is 3. The Balaban J connectivity index is 1.51. The fraction of sp³-hybridized carbons (Fsp3) is 0.429. The van der Waals surface area contributed by atoms with E-state index in [1.807, 2.05) is 31.3 Å². The van der Waals surface area contributed by atoms with Crippen LogP contribution in [0.5, 0.6) is 0 Å². The number of hydrogen-bond acceptors (Lipinski definition) is 6. The lowest BCUT2D eigenvalue weighted by Gasteiger charge is -2.26. The number of fused-ring (bicyclic) bond motifs is 1. The second-order valence-corrected chi connectivity index (χ2v) is 8.40. The van der Waals surface area contributed by atoms with Crippen LogP contribution < -0.4 is 0 Å². The molecule has 1 saturated carbocycles. The van der Waals surface area contributed by atoms with Gasteiger partial charge < -0.3 is 4.74 Å².